The Balaban J connectivity index is 2.91. The van der Waals surface area contributed by atoms with Gasteiger partial charge >= 0.3 is 0 Å². The van der Waals surface area contributed by atoms with Crippen LogP contribution in [0, 0.1) is 0 Å². The molecule has 0 amide bonds. The molecule has 0 N–H and O–H groups in total. The summed E-state index contributed by atoms with van der Waals surface area (Å²) in [5, 5.41) is 0. The molecule has 0 aliphatic carbocycles. The van der Waals surface area contributed by atoms with Gasteiger partial charge in [-0.3, -0.25) is 0 Å². The molecular formula is C17H32O2. The Morgan fingerprint density at radius 3 is 1.16 bits per heavy atom. The third-order valence-corrected chi connectivity index (χ3v) is 3.05. The summed E-state index contributed by atoms with van der Waals surface area (Å²) in [6, 6.07) is 0. The Morgan fingerprint density at radius 1 is 0.526 bits per heavy atom. The molecule has 0 aliphatic heterocycles. The van der Waals surface area contributed by atoms with Crippen LogP contribution in [0.4, 0.5) is 0 Å². The van der Waals surface area contributed by atoms with Crippen molar-refractivity contribution in [3.63, 3.8) is 0 Å². The van der Waals surface area contributed by atoms with Gasteiger partial charge < -0.3 is 9.47 Å². The minimum absolute atomic E-state index is 0.691. The van der Waals surface area contributed by atoms with Crippen molar-refractivity contribution >= 4 is 0 Å². The SMILES string of the molecule is C=CCOCCCCCCCCCCCOCC=C. The molecule has 0 saturated heterocycles. The van der Waals surface area contributed by atoms with Gasteiger partial charge in [0, 0.05) is 13.2 Å². The second kappa shape index (κ2) is 17.4. The van der Waals surface area contributed by atoms with Crippen LogP contribution < -0.4 is 0 Å². The van der Waals surface area contributed by atoms with Gasteiger partial charge in [0.1, 0.15) is 0 Å². The van der Waals surface area contributed by atoms with E-state index in [0.29, 0.717) is 13.2 Å². The summed E-state index contributed by atoms with van der Waals surface area (Å²) in [4.78, 5) is 0. The van der Waals surface area contributed by atoms with E-state index in [1.807, 2.05) is 12.2 Å². The van der Waals surface area contributed by atoms with Crippen molar-refractivity contribution in [3.05, 3.63) is 25.3 Å². The zero-order chi connectivity index (χ0) is 14.0. The molecule has 19 heavy (non-hydrogen) atoms. The fourth-order valence-electron chi connectivity index (χ4n) is 1.98. The molecular weight excluding hydrogens is 236 g/mol. The van der Waals surface area contributed by atoms with Crippen LogP contribution in [0.15, 0.2) is 25.3 Å². The fourth-order valence-corrected chi connectivity index (χ4v) is 1.98. The van der Waals surface area contributed by atoms with Crippen LogP contribution in [0.2, 0.25) is 0 Å². The zero-order valence-electron chi connectivity index (χ0n) is 12.6. The minimum atomic E-state index is 0.691. The van der Waals surface area contributed by atoms with E-state index < -0.39 is 0 Å². The summed E-state index contributed by atoms with van der Waals surface area (Å²) in [5.74, 6) is 0. The van der Waals surface area contributed by atoms with Gasteiger partial charge in [-0.2, -0.15) is 0 Å². The number of rotatable bonds is 16. The van der Waals surface area contributed by atoms with Gasteiger partial charge in [-0.15, -0.1) is 13.2 Å². The Morgan fingerprint density at radius 2 is 0.842 bits per heavy atom. The van der Waals surface area contributed by atoms with Gasteiger partial charge in [-0.05, 0) is 12.8 Å². The average molecular weight is 268 g/mol. The Labute approximate surface area is 119 Å². The van der Waals surface area contributed by atoms with E-state index in [2.05, 4.69) is 13.2 Å². The van der Waals surface area contributed by atoms with Crippen molar-refractivity contribution in [2.75, 3.05) is 26.4 Å². The number of hydrogen-bond donors (Lipinski definition) is 0. The molecule has 2 heteroatoms. The predicted octanol–water partition coefficient (Wildman–Crippen LogP) is 4.90. The molecule has 0 aromatic carbocycles. The highest BCUT2D eigenvalue weighted by Gasteiger charge is 1.93. The summed E-state index contributed by atoms with van der Waals surface area (Å²) in [6.07, 6.45) is 15.4. The Bertz CT molecular complexity index is 170. The molecule has 0 heterocycles. The van der Waals surface area contributed by atoms with Crippen molar-refractivity contribution in [2.45, 2.75) is 57.8 Å². The van der Waals surface area contributed by atoms with Crippen LogP contribution in [0.25, 0.3) is 0 Å². The molecule has 0 saturated carbocycles. The lowest BCUT2D eigenvalue weighted by atomic mass is 10.1. The molecule has 0 bridgehead atoms. The summed E-state index contributed by atoms with van der Waals surface area (Å²) < 4.78 is 10.7. The van der Waals surface area contributed by atoms with E-state index in [4.69, 9.17) is 9.47 Å². The highest BCUT2D eigenvalue weighted by atomic mass is 16.5. The van der Waals surface area contributed by atoms with Gasteiger partial charge in [-0.25, -0.2) is 0 Å². The molecule has 0 radical (unpaired) electrons. The van der Waals surface area contributed by atoms with E-state index in [-0.39, 0.29) is 0 Å². The lowest BCUT2D eigenvalue weighted by Gasteiger charge is -2.03. The van der Waals surface area contributed by atoms with Crippen LogP contribution in [0.5, 0.6) is 0 Å². The fraction of sp³-hybridized carbons (Fsp3) is 0.765. The molecule has 0 aliphatic rings. The maximum absolute atomic E-state index is 5.35. The summed E-state index contributed by atoms with van der Waals surface area (Å²) in [5.41, 5.74) is 0. The van der Waals surface area contributed by atoms with Gasteiger partial charge in [0.25, 0.3) is 0 Å². The van der Waals surface area contributed by atoms with Gasteiger partial charge in [-0.1, -0.05) is 57.1 Å². The highest BCUT2D eigenvalue weighted by molar-refractivity contribution is 4.64. The first-order valence-electron chi connectivity index (χ1n) is 7.79. The maximum atomic E-state index is 5.35. The molecule has 2 nitrogen and oxygen atoms in total. The molecule has 0 aromatic rings. The van der Waals surface area contributed by atoms with Crippen LogP contribution >= 0.6 is 0 Å². The predicted molar refractivity (Wildman–Crippen MR) is 83.6 cm³/mol. The van der Waals surface area contributed by atoms with E-state index in [9.17, 15) is 0 Å². The summed E-state index contributed by atoms with van der Waals surface area (Å²) in [6.45, 7) is 10.4. The maximum Gasteiger partial charge on any atom is 0.0644 e. The molecule has 0 rings (SSSR count). The van der Waals surface area contributed by atoms with E-state index in [1.165, 1.54) is 57.8 Å². The second-order valence-corrected chi connectivity index (χ2v) is 4.91. The van der Waals surface area contributed by atoms with Crippen LogP contribution in [0.3, 0.4) is 0 Å². The van der Waals surface area contributed by atoms with Crippen LogP contribution in [0.1, 0.15) is 57.8 Å². The van der Waals surface area contributed by atoms with E-state index >= 15 is 0 Å². The first kappa shape index (κ1) is 18.4. The van der Waals surface area contributed by atoms with E-state index in [1.54, 1.807) is 0 Å². The van der Waals surface area contributed by atoms with Crippen LogP contribution in [-0.2, 0) is 9.47 Å². The van der Waals surface area contributed by atoms with Gasteiger partial charge in [0.2, 0.25) is 0 Å². The lowest BCUT2D eigenvalue weighted by Crippen LogP contribution is -1.94. The third-order valence-electron chi connectivity index (χ3n) is 3.05. The third kappa shape index (κ3) is 17.4. The molecule has 0 fully saturated rings. The van der Waals surface area contributed by atoms with Crippen molar-refractivity contribution in [1.82, 2.24) is 0 Å². The molecule has 112 valence electrons. The molecule has 0 spiro atoms. The largest absolute Gasteiger partial charge is 0.377 e. The first-order chi connectivity index (χ1) is 9.41. The van der Waals surface area contributed by atoms with Crippen LogP contribution in [-0.4, -0.2) is 26.4 Å². The second-order valence-electron chi connectivity index (χ2n) is 4.91. The minimum Gasteiger partial charge on any atom is -0.377 e. The summed E-state index contributed by atoms with van der Waals surface area (Å²) in [7, 11) is 0. The average Bonchev–Trinajstić information content (AvgIpc) is 2.43. The molecule has 0 atom stereocenters. The number of unbranched alkanes of at least 4 members (excludes halogenated alkanes) is 8. The van der Waals surface area contributed by atoms with Crippen molar-refractivity contribution < 1.29 is 9.47 Å². The molecule has 0 unspecified atom stereocenters. The topological polar surface area (TPSA) is 18.5 Å². The van der Waals surface area contributed by atoms with Gasteiger partial charge in [0.05, 0.1) is 13.2 Å². The van der Waals surface area contributed by atoms with Crippen molar-refractivity contribution in [2.24, 2.45) is 0 Å². The lowest BCUT2D eigenvalue weighted by molar-refractivity contribution is 0.157. The Hall–Kier alpha value is -0.600. The smallest absolute Gasteiger partial charge is 0.0644 e. The van der Waals surface area contributed by atoms with Gasteiger partial charge in [0.15, 0.2) is 0 Å². The zero-order valence-corrected chi connectivity index (χ0v) is 12.6. The first-order valence-corrected chi connectivity index (χ1v) is 7.79. The standard InChI is InChI=1S/C17H32O2/c1-3-14-18-16-12-10-8-6-5-7-9-11-13-17-19-15-4-2/h3-4H,1-2,5-17H2. The Kier molecular flexibility index (Phi) is 16.9. The van der Waals surface area contributed by atoms with Crippen molar-refractivity contribution in [3.8, 4) is 0 Å². The molecule has 0 aromatic heterocycles. The number of ether oxygens (including phenoxy) is 2. The normalized spacial score (nSPS) is 10.5. The number of hydrogen-bond acceptors (Lipinski definition) is 2. The van der Waals surface area contributed by atoms with Crippen molar-refractivity contribution in [1.29, 1.82) is 0 Å². The quantitative estimate of drug-likeness (QED) is 0.293. The monoisotopic (exact) mass is 268 g/mol. The highest BCUT2D eigenvalue weighted by Crippen LogP contribution is 2.09. The summed E-state index contributed by atoms with van der Waals surface area (Å²) >= 11 is 0. The van der Waals surface area contributed by atoms with E-state index in [0.717, 1.165) is 13.2 Å².